The summed E-state index contributed by atoms with van der Waals surface area (Å²) < 4.78 is 27.9. The van der Waals surface area contributed by atoms with E-state index in [0.717, 1.165) is 0 Å². The lowest BCUT2D eigenvalue weighted by atomic mass is 10.4. The third-order valence-corrected chi connectivity index (χ3v) is 4.13. The molecule has 7 heteroatoms. The van der Waals surface area contributed by atoms with Crippen LogP contribution in [0.15, 0.2) is 23.2 Å². The number of hydrogen-bond acceptors (Lipinski definition) is 5. The van der Waals surface area contributed by atoms with Crippen LogP contribution in [0, 0.1) is 6.92 Å². The molecule has 94 valence electrons. The van der Waals surface area contributed by atoms with E-state index < -0.39 is 21.0 Å². The van der Waals surface area contributed by atoms with E-state index in [-0.39, 0.29) is 11.6 Å². The summed E-state index contributed by atoms with van der Waals surface area (Å²) in [4.78, 5) is 11.6. The summed E-state index contributed by atoms with van der Waals surface area (Å²) in [6.07, 6.45) is 1.25. The van der Waals surface area contributed by atoms with Gasteiger partial charge in [0.15, 0.2) is 15.7 Å². The summed E-state index contributed by atoms with van der Waals surface area (Å²) in [6.45, 7) is 6.32. The second-order valence-corrected chi connectivity index (χ2v) is 5.94. The Kier molecular flexibility index (Phi) is 4.06. The molecule has 0 aromatic carbocycles. The van der Waals surface area contributed by atoms with Crippen LogP contribution in [0.3, 0.4) is 0 Å². The molecule has 0 saturated heterocycles. The molecule has 1 unspecified atom stereocenters. The minimum atomic E-state index is -3.51. The van der Waals surface area contributed by atoms with Gasteiger partial charge in [-0.1, -0.05) is 11.2 Å². The summed E-state index contributed by atoms with van der Waals surface area (Å²) in [6, 6.07) is 1.50. The number of aromatic nitrogens is 1. The Balaban J connectivity index is 2.74. The van der Waals surface area contributed by atoms with Crippen molar-refractivity contribution in [2.24, 2.45) is 0 Å². The second-order valence-electron chi connectivity index (χ2n) is 3.57. The van der Waals surface area contributed by atoms with Gasteiger partial charge in [-0.25, -0.2) is 8.42 Å². The Labute approximate surface area is 99.6 Å². The highest BCUT2D eigenvalue weighted by Gasteiger charge is 2.27. The van der Waals surface area contributed by atoms with Crippen molar-refractivity contribution in [1.82, 2.24) is 5.16 Å². The Bertz CT molecular complexity index is 518. The Morgan fingerprint density at radius 1 is 1.71 bits per heavy atom. The van der Waals surface area contributed by atoms with Gasteiger partial charge in [-0.05, 0) is 13.8 Å². The number of aryl methyl sites for hydroxylation is 1. The molecule has 0 aliphatic carbocycles. The van der Waals surface area contributed by atoms with Gasteiger partial charge in [0.25, 0.3) is 0 Å². The summed E-state index contributed by atoms with van der Waals surface area (Å²) >= 11 is 0. The average Bonchev–Trinajstić information content (AvgIpc) is 2.62. The normalized spacial score (nSPS) is 13.1. The SMILES string of the molecule is C=CCS(=O)(=O)C(C)C(=O)Nc1cc(C)on1. The molecule has 6 nitrogen and oxygen atoms in total. The van der Waals surface area contributed by atoms with Crippen molar-refractivity contribution in [1.29, 1.82) is 0 Å². The molecule has 0 saturated carbocycles. The fourth-order valence-electron chi connectivity index (χ4n) is 1.12. The van der Waals surface area contributed by atoms with E-state index in [1.807, 2.05) is 0 Å². The molecule has 1 aromatic rings. The maximum atomic E-state index is 11.6. The highest BCUT2D eigenvalue weighted by molar-refractivity contribution is 7.92. The van der Waals surface area contributed by atoms with Crippen LogP contribution in [0.25, 0.3) is 0 Å². The van der Waals surface area contributed by atoms with Crippen molar-refractivity contribution in [3.05, 3.63) is 24.5 Å². The molecule has 0 aliphatic rings. The van der Waals surface area contributed by atoms with Gasteiger partial charge in [-0.3, -0.25) is 4.79 Å². The molecule has 0 fully saturated rings. The van der Waals surface area contributed by atoms with E-state index in [0.29, 0.717) is 5.76 Å². The van der Waals surface area contributed by atoms with E-state index in [4.69, 9.17) is 4.52 Å². The first-order valence-electron chi connectivity index (χ1n) is 4.93. The summed E-state index contributed by atoms with van der Waals surface area (Å²) in [7, 11) is -3.51. The third-order valence-electron chi connectivity index (χ3n) is 2.14. The number of carbonyl (C=O) groups excluding carboxylic acids is 1. The first kappa shape index (κ1) is 13.4. The number of nitrogens with zero attached hydrogens (tertiary/aromatic N) is 1. The van der Waals surface area contributed by atoms with Gasteiger partial charge in [0.05, 0.1) is 5.75 Å². The van der Waals surface area contributed by atoms with Crippen LogP contribution >= 0.6 is 0 Å². The van der Waals surface area contributed by atoms with Crippen LogP contribution in [0.2, 0.25) is 0 Å². The van der Waals surface area contributed by atoms with E-state index in [2.05, 4.69) is 17.1 Å². The first-order chi connectivity index (χ1) is 7.86. The van der Waals surface area contributed by atoms with Crippen LogP contribution in [0.5, 0.6) is 0 Å². The van der Waals surface area contributed by atoms with Crippen LogP contribution in [-0.4, -0.2) is 30.5 Å². The first-order valence-corrected chi connectivity index (χ1v) is 6.65. The molecule has 1 rings (SSSR count). The largest absolute Gasteiger partial charge is 0.360 e. The molecule has 17 heavy (non-hydrogen) atoms. The lowest BCUT2D eigenvalue weighted by molar-refractivity contribution is -0.115. The zero-order chi connectivity index (χ0) is 13.1. The van der Waals surface area contributed by atoms with Crippen molar-refractivity contribution in [2.75, 3.05) is 11.1 Å². The molecule has 0 spiro atoms. The van der Waals surface area contributed by atoms with Crippen LogP contribution in [0.4, 0.5) is 5.82 Å². The standard InChI is InChI=1S/C10H14N2O4S/c1-4-5-17(14,15)8(3)10(13)11-9-6-7(2)16-12-9/h4,6,8H,1,5H2,2-3H3,(H,11,12,13). The van der Waals surface area contributed by atoms with Crippen molar-refractivity contribution < 1.29 is 17.7 Å². The Morgan fingerprint density at radius 2 is 2.35 bits per heavy atom. The van der Waals surface area contributed by atoms with Crippen molar-refractivity contribution >= 4 is 21.6 Å². The lowest BCUT2D eigenvalue weighted by Crippen LogP contribution is -2.33. The fourth-order valence-corrected chi connectivity index (χ4v) is 2.13. The van der Waals surface area contributed by atoms with E-state index in [9.17, 15) is 13.2 Å². The molecular weight excluding hydrogens is 244 g/mol. The van der Waals surface area contributed by atoms with Crippen LogP contribution in [0.1, 0.15) is 12.7 Å². The average molecular weight is 258 g/mol. The van der Waals surface area contributed by atoms with E-state index in [1.165, 1.54) is 19.1 Å². The number of rotatable bonds is 5. The highest BCUT2D eigenvalue weighted by atomic mass is 32.2. The zero-order valence-corrected chi connectivity index (χ0v) is 10.5. The zero-order valence-electron chi connectivity index (χ0n) is 9.63. The quantitative estimate of drug-likeness (QED) is 0.793. The summed E-state index contributed by atoms with van der Waals surface area (Å²) in [5.74, 6) is -0.144. The lowest BCUT2D eigenvalue weighted by Gasteiger charge is -2.10. The number of nitrogens with one attached hydrogen (secondary N) is 1. The van der Waals surface area contributed by atoms with Gasteiger partial charge in [-0.2, -0.15) is 0 Å². The Hall–Kier alpha value is -1.63. The molecule has 1 aromatic heterocycles. The van der Waals surface area contributed by atoms with Gasteiger partial charge in [0, 0.05) is 6.07 Å². The molecule has 1 atom stereocenters. The summed E-state index contributed by atoms with van der Waals surface area (Å²) in [5, 5.41) is 4.76. The summed E-state index contributed by atoms with van der Waals surface area (Å²) in [5.41, 5.74) is 0. The van der Waals surface area contributed by atoms with Gasteiger partial charge >= 0.3 is 0 Å². The molecule has 0 bridgehead atoms. The molecule has 1 N–H and O–H groups in total. The number of sulfone groups is 1. The van der Waals surface area contributed by atoms with Gasteiger partial charge < -0.3 is 9.84 Å². The highest BCUT2D eigenvalue weighted by Crippen LogP contribution is 2.10. The van der Waals surface area contributed by atoms with Crippen molar-refractivity contribution in [3.8, 4) is 0 Å². The molecule has 0 aliphatic heterocycles. The minimum Gasteiger partial charge on any atom is -0.360 e. The predicted molar refractivity (Wildman–Crippen MR) is 63.3 cm³/mol. The monoisotopic (exact) mass is 258 g/mol. The topological polar surface area (TPSA) is 89.3 Å². The minimum absolute atomic E-state index is 0.202. The van der Waals surface area contributed by atoms with E-state index in [1.54, 1.807) is 6.92 Å². The third kappa shape index (κ3) is 3.42. The predicted octanol–water partition coefficient (Wildman–Crippen LogP) is 0.911. The number of anilines is 1. The molecule has 0 radical (unpaired) electrons. The van der Waals surface area contributed by atoms with Crippen molar-refractivity contribution in [3.63, 3.8) is 0 Å². The molecule has 1 heterocycles. The maximum Gasteiger partial charge on any atom is 0.243 e. The fraction of sp³-hybridized carbons (Fsp3) is 0.400. The van der Waals surface area contributed by atoms with Gasteiger partial charge in [0.2, 0.25) is 5.91 Å². The number of amides is 1. The smallest absolute Gasteiger partial charge is 0.243 e. The Morgan fingerprint density at radius 3 is 2.82 bits per heavy atom. The maximum absolute atomic E-state index is 11.6. The van der Waals surface area contributed by atoms with Gasteiger partial charge in [0.1, 0.15) is 11.0 Å². The number of carbonyl (C=O) groups is 1. The molecular formula is C10H14N2O4S. The van der Waals surface area contributed by atoms with Crippen LogP contribution < -0.4 is 5.32 Å². The van der Waals surface area contributed by atoms with Gasteiger partial charge in [-0.15, -0.1) is 6.58 Å². The number of hydrogen-bond donors (Lipinski definition) is 1. The van der Waals surface area contributed by atoms with Crippen molar-refractivity contribution in [2.45, 2.75) is 19.1 Å². The second kappa shape index (κ2) is 5.13. The molecule has 1 amide bonds. The van der Waals surface area contributed by atoms with Crippen LogP contribution in [-0.2, 0) is 14.6 Å². The van der Waals surface area contributed by atoms with E-state index >= 15 is 0 Å².